The predicted octanol–water partition coefficient (Wildman–Crippen LogP) is 10.1. The van der Waals surface area contributed by atoms with E-state index in [2.05, 4.69) is 12.2 Å². The average molecular weight is 521 g/mol. The minimum atomic E-state index is 0.434. The Morgan fingerprint density at radius 2 is 0.844 bits per heavy atom. The molecule has 0 aromatic rings. The van der Waals surface area contributed by atoms with Gasteiger partial charge in [0.1, 0.15) is 8.64 Å². The van der Waals surface area contributed by atoms with Gasteiger partial charge in [-0.25, -0.2) is 0 Å². The van der Waals surface area contributed by atoms with Crippen molar-refractivity contribution in [3.8, 4) is 0 Å². The van der Waals surface area contributed by atoms with Gasteiger partial charge < -0.3 is 11.1 Å². The SMILES string of the molecule is CCCCCCCCCCCCCCCCCCCCCCCCNC(=S)SSC(N)=S. The molecule has 0 bridgehead atoms. The molecule has 0 aromatic heterocycles. The van der Waals surface area contributed by atoms with Crippen LogP contribution in [-0.2, 0) is 0 Å². The maximum Gasteiger partial charge on any atom is 0.144 e. The second-order valence-corrected chi connectivity index (χ2v) is 12.7. The quantitative estimate of drug-likeness (QED) is 0.0793. The molecule has 0 radical (unpaired) electrons. The number of hydrogen-bond acceptors (Lipinski definition) is 4. The number of nitrogens with one attached hydrogen (secondary N) is 1. The van der Waals surface area contributed by atoms with Crippen LogP contribution in [0.15, 0.2) is 0 Å². The van der Waals surface area contributed by atoms with E-state index in [1.165, 1.54) is 163 Å². The topological polar surface area (TPSA) is 38.0 Å². The van der Waals surface area contributed by atoms with E-state index in [-0.39, 0.29) is 0 Å². The van der Waals surface area contributed by atoms with Crippen LogP contribution >= 0.6 is 46.0 Å². The van der Waals surface area contributed by atoms with Gasteiger partial charge in [0.25, 0.3) is 0 Å². The molecule has 0 saturated heterocycles. The third-order valence-corrected chi connectivity index (χ3v) is 9.11. The Balaban J connectivity index is 3.08. The first-order valence-corrected chi connectivity index (χ1v) is 16.5. The summed E-state index contributed by atoms with van der Waals surface area (Å²) in [4.78, 5) is 0. The molecule has 3 N–H and O–H groups in total. The zero-order valence-electron chi connectivity index (χ0n) is 21.0. The van der Waals surface area contributed by atoms with Gasteiger partial charge in [-0.1, -0.05) is 166 Å². The van der Waals surface area contributed by atoms with Crippen molar-refractivity contribution in [2.75, 3.05) is 6.54 Å². The summed E-state index contributed by atoms with van der Waals surface area (Å²) >= 11 is 10.0. The molecule has 0 aliphatic heterocycles. The van der Waals surface area contributed by atoms with Crippen LogP contribution in [0.2, 0.25) is 0 Å². The lowest BCUT2D eigenvalue weighted by atomic mass is 10.0. The minimum Gasteiger partial charge on any atom is -0.384 e. The van der Waals surface area contributed by atoms with Crippen LogP contribution < -0.4 is 11.1 Å². The standard InChI is InChI=1S/C26H52N2S4/c1-2-3-4-5-6-7-8-9-10-11-12-13-14-15-16-17-18-19-20-21-22-23-24-28-26(30)32-31-25(27)29/h2-24H2,1H3,(H2,27,29)(H,28,30). The summed E-state index contributed by atoms with van der Waals surface area (Å²) in [7, 11) is 2.80. The van der Waals surface area contributed by atoms with Gasteiger partial charge in [0.15, 0.2) is 0 Å². The fourth-order valence-electron chi connectivity index (χ4n) is 4.03. The molecule has 0 atom stereocenters. The van der Waals surface area contributed by atoms with Crippen molar-refractivity contribution < 1.29 is 0 Å². The summed E-state index contributed by atoms with van der Waals surface area (Å²) in [5.74, 6) is 0. The molecule has 0 amide bonds. The highest BCUT2D eigenvalue weighted by Gasteiger charge is 1.99. The number of thiocarbonyl (C=S) groups is 2. The summed E-state index contributed by atoms with van der Waals surface area (Å²) in [5.41, 5.74) is 5.44. The molecule has 0 aliphatic rings. The van der Waals surface area contributed by atoms with E-state index < -0.39 is 0 Å². The van der Waals surface area contributed by atoms with Crippen molar-refractivity contribution in [2.45, 2.75) is 148 Å². The normalized spacial score (nSPS) is 11.0. The molecule has 0 unspecified atom stereocenters. The van der Waals surface area contributed by atoms with Crippen molar-refractivity contribution in [1.82, 2.24) is 5.32 Å². The van der Waals surface area contributed by atoms with Crippen LogP contribution in [0, 0.1) is 0 Å². The molecule has 0 spiro atoms. The largest absolute Gasteiger partial charge is 0.384 e. The highest BCUT2D eigenvalue weighted by molar-refractivity contribution is 8.89. The van der Waals surface area contributed by atoms with Gasteiger partial charge in [-0.15, -0.1) is 0 Å². The summed E-state index contributed by atoms with van der Waals surface area (Å²) in [6, 6.07) is 0. The van der Waals surface area contributed by atoms with Gasteiger partial charge in [0, 0.05) is 6.54 Å². The van der Waals surface area contributed by atoms with Gasteiger partial charge in [-0.2, -0.15) is 0 Å². The molecule has 0 aliphatic carbocycles. The first-order valence-electron chi connectivity index (χ1n) is 13.6. The van der Waals surface area contributed by atoms with Crippen LogP contribution in [0.25, 0.3) is 0 Å². The van der Waals surface area contributed by atoms with Crippen molar-refractivity contribution in [2.24, 2.45) is 5.73 Å². The molecule has 32 heavy (non-hydrogen) atoms. The van der Waals surface area contributed by atoms with Gasteiger partial charge >= 0.3 is 0 Å². The molecule has 0 heterocycles. The summed E-state index contributed by atoms with van der Waals surface area (Å²) in [6.45, 7) is 3.26. The van der Waals surface area contributed by atoms with Gasteiger partial charge in [0.05, 0.1) is 0 Å². The first kappa shape index (κ1) is 32.5. The number of unbranched alkanes of at least 4 members (excludes halogenated alkanes) is 21. The van der Waals surface area contributed by atoms with Crippen LogP contribution in [0.1, 0.15) is 148 Å². The molecule has 190 valence electrons. The van der Waals surface area contributed by atoms with Crippen LogP contribution in [-0.4, -0.2) is 15.2 Å². The number of rotatable bonds is 23. The summed E-state index contributed by atoms with van der Waals surface area (Å²) in [5, 5.41) is 3.26. The third kappa shape index (κ3) is 28.5. The van der Waals surface area contributed by atoms with Crippen molar-refractivity contribution in [1.29, 1.82) is 0 Å². The van der Waals surface area contributed by atoms with E-state index in [1.54, 1.807) is 0 Å². The Morgan fingerprint density at radius 3 is 1.16 bits per heavy atom. The van der Waals surface area contributed by atoms with Crippen molar-refractivity contribution >= 4 is 54.7 Å². The number of hydrogen-bond donors (Lipinski definition) is 2. The second kappa shape index (κ2) is 27.7. The van der Waals surface area contributed by atoms with Crippen molar-refractivity contribution in [3.63, 3.8) is 0 Å². The molecule has 2 nitrogen and oxygen atoms in total. The molecular formula is C26H52N2S4. The van der Waals surface area contributed by atoms with E-state index in [0.717, 1.165) is 10.9 Å². The smallest absolute Gasteiger partial charge is 0.144 e. The fourth-order valence-corrected chi connectivity index (χ4v) is 5.72. The Bertz CT molecular complexity index is 419. The van der Waals surface area contributed by atoms with Crippen LogP contribution in [0.3, 0.4) is 0 Å². The van der Waals surface area contributed by atoms with Gasteiger partial charge in [0.2, 0.25) is 0 Å². The minimum absolute atomic E-state index is 0.434. The van der Waals surface area contributed by atoms with Gasteiger partial charge in [-0.05, 0) is 28.0 Å². The fraction of sp³-hybridized carbons (Fsp3) is 0.923. The predicted molar refractivity (Wildman–Crippen MR) is 160 cm³/mol. The molecule has 0 saturated carbocycles. The van der Waals surface area contributed by atoms with Crippen LogP contribution in [0.5, 0.6) is 0 Å². The highest BCUT2D eigenvalue weighted by Crippen LogP contribution is 2.21. The molecule has 0 aromatic carbocycles. The zero-order valence-corrected chi connectivity index (χ0v) is 24.2. The molecule has 0 rings (SSSR count). The lowest BCUT2D eigenvalue weighted by molar-refractivity contribution is 0.519. The Morgan fingerprint density at radius 1 is 0.531 bits per heavy atom. The molecular weight excluding hydrogens is 469 g/mol. The third-order valence-electron chi connectivity index (χ3n) is 6.00. The van der Waals surface area contributed by atoms with E-state index in [4.69, 9.17) is 30.2 Å². The van der Waals surface area contributed by atoms with Crippen LogP contribution in [0.4, 0.5) is 0 Å². The molecule has 0 fully saturated rings. The summed E-state index contributed by atoms with van der Waals surface area (Å²) < 4.78 is 1.22. The Labute approximate surface area is 219 Å². The van der Waals surface area contributed by atoms with E-state index >= 15 is 0 Å². The van der Waals surface area contributed by atoms with Crippen molar-refractivity contribution in [3.05, 3.63) is 0 Å². The zero-order chi connectivity index (χ0) is 23.5. The van der Waals surface area contributed by atoms with E-state index in [9.17, 15) is 0 Å². The number of nitrogens with two attached hydrogens (primary N) is 1. The second-order valence-electron chi connectivity index (χ2n) is 9.12. The maximum atomic E-state index is 5.44. The average Bonchev–Trinajstić information content (AvgIpc) is 2.78. The Hall–Kier alpha value is 0.480. The summed E-state index contributed by atoms with van der Waals surface area (Å²) in [6.07, 6.45) is 31.3. The maximum absolute atomic E-state index is 5.44. The van der Waals surface area contributed by atoms with E-state index in [0.29, 0.717) is 4.32 Å². The highest BCUT2D eigenvalue weighted by atomic mass is 33.1. The van der Waals surface area contributed by atoms with Gasteiger partial charge in [-0.3, -0.25) is 0 Å². The van der Waals surface area contributed by atoms with E-state index in [1.807, 2.05) is 0 Å². The first-order chi connectivity index (χ1) is 15.7. The Kier molecular flexibility index (Phi) is 28.1. The monoisotopic (exact) mass is 520 g/mol. The molecule has 6 heteroatoms. The lowest BCUT2D eigenvalue weighted by Crippen LogP contribution is -2.19. The lowest BCUT2D eigenvalue weighted by Gasteiger charge is -2.06.